The van der Waals surface area contributed by atoms with Gasteiger partial charge < -0.3 is 18.9 Å². The number of hydrogen-bond donors (Lipinski definition) is 0. The van der Waals surface area contributed by atoms with Crippen LogP contribution in [0.3, 0.4) is 0 Å². The summed E-state index contributed by atoms with van der Waals surface area (Å²) < 4.78 is 31.0. The molecule has 16 aromatic carbocycles. The minimum Gasteiger partial charge on any atom is -0.493 e. The zero-order valence-electron chi connectivity index (χ0n) is 62.1. The molecule has 506 valence electrons. The molecular weight excluding hydrogens is 1220 g/mol. The lowest BCUT2D eigenvalue weighted by molar-refractivity contribution is 0.305. The first-order valence-electron chi connectivity index (χ1n) is 37.6. The van der Waals surface area contributed by atoms with E-state index in [4.69, 9.17) is 18.9 Å². The van der Waals surface area contributed by atoms with Gasteiger partial charge in [0.25, 0.3) is 0 Å². The zero-order valence-corrected chi connectivity index (χ0v) is 62.1. The first-order chi connectivity index (χ1) is 48.0. The van der Waals surface area contributed by atoms with Crippen LogP contribution >= 0.6 is 0 Å². The molecule has 0 heterocycles. The first-order valence-corrected chi connectivity index (χ1v) is 37.6. The van der Waals surface area contributed by atoms with Gasteiger partial charge in [-0.15, -0.1) is 0 Å². The van der Waals surface area contributed by atoms with Crippen molar-refractivity contribution >= 4 is 129 Å². The summed E-state index contributed by atoms with van der Waals surface area (Å²) in [5, 5.41) is 29.1. The van der Waals surface area contributed by atoms with Gasteiger partial charge in [-0.05, 0) is 211 Å². The molecule has 4 heteroatoms. The fourth-order valence-corrected chi connectivity index (χ4v) is 16.7. The third-order valence-corrected chi connectivity index (χ3v) is 22.3. The van der Waals surface area contributed by atoms with Crippen molar-refractivity contribution in [3.05, 3.63) is 180 Å². The minimum atomic E-state index is -0.0861. The predicted octanol–water partition coefficient (Wildman–Crippen LogP) is 28.2. The van der Waals surface area contributed by atoms with E-state index in [1.54, 1.807) is 0 Å². The molecule has 4 nitrogen and oxygen atoms in total. The van der Waals surface area contributed by atoms with Gasteiger partial charge in [0, 0.05) is 33.4 Å². The van der Waals surface area contributed by atoms with Crippen LogP contribution in [0.1, 0.15) is 184 Å². The summed E-state index contributed by atoms with van der Waals surface area (Å²) in [5.74, 6) is 3.43. The van der Waals surface area contributed by atoms with Crippen molar-refractivity contribution in [2.45, 2.75) is 184 Å². The van der Waals surface area contributed by atoms with Crippen molar-refractivity contribution in [2.75, 3.05) is 26.4 Å². The maximum absolute atomic E-state index is 8.06. The maximum Gasteiger partial charge on any atom is 0.136 e. The van der Waals surface area contributed by atoms with Gasteiger partial charge in [-0.3, -0.25) is 0 Å². The van der Waals surface area contributed by atoms with Crippen LogP contribution in [0.4, 0.5) is 0 Å². The average Bonchev–Trinajstić information content (AvgIpc) is 0.689. The number of rotatable bonds is 19. The molecule has 0 aliphatic heterocycles. The molecule has 0 bridgehead atoms. The fraction of sp³-hybridized carbons (Fsp3) is 0.333. The third-order valence-electron chi connectivity index (χ3n) is 22.3. The lowest BCUT2D eigenvalue weighted by atomic mass is 9.77. The Morgan fingerprint density at radius 1 is 0.220 bits per heavy atom. The van der Waals surface area contributed by atoms with E-state index in [0.717, 1.165) is 140 Å². The Labute approximate surface area is 591 Å². The Morgan fingerprint density at radius 3 is 0.660 bits per heavy atom. The van der Waals surface area contributed by atoms with Crippen molar-refractivity contribution in [1.82, 2.24) is 0 Å². The van der Waals surface area contributed by atoms with Crippen LogP contribution in [0.2, 0.25) is 0 Å². The number of unbranched alkanes of at least 4 members (excludes halogenated alkanes) is 4. The van der Waals surface area contributed by atoms with Crippen LogP contribution in [0.5, 0.6) is 23.0 Å². The SMILES string of the molecule is CCCCOc1cc2ccc3cc(C(C)(C)C)cc4ccc(c1-c1c(OCCCC)c(-c5c(OCCCC)c(-c6c(OCCCC)cc7ccc8cc(C(C)(C)C)cc9ccc6c7c89)c6ccc7cc(C(C)(C)C)cc8ccc5c6c78)c5ccc6cc(C(C)(C)C)cc7ccc1c5c76)c2c34. The molecule has 0 unspecified atom stereocenters. The highest BCUT2D eigenvalue weighted by molar-refractivity contribution is 6.38. The monoisotopic (exact) mass is 1310 g/mol. The van der Waals surface area contributed by atoms with Crippen LogP contribution in [0, 0.1) is 0 Å². The van der Waals surface area contributed by atoms with Crippen molar-refractivity contribution < 1.29 is 18.9 Å². The third kappa shape index (κ3) is 10.6. The molecule has 0 radical (unpaired) electrons. The molecule has 0 saturated heterocycles. The van der Waals surface area contributed by atoms with Crippen molar-refractivity contribution in [3.63, 3.8) is 0 Å². The van der Waals surface area contributed by atoms with Crippen LogP contribution in [0.25, 0.3) is 163 Å². The van der Waals surface area contributed by atoms with Crippen LogP contribution in [-0.4, -0.2) is 26.4 Å². The molecule has 100 heavy (non-hydrogen) atoms. The van der Waals surface area contributed by atoms with Gasteiger partial charge in [0.05, 0.1) is 26.4 Å². The van der Waals surface area contributed by atoms with Gasteiger partial charge in [-0.25, -0.2) is 0 Å². The molecule has 0 amide bonds. The maximum atomic E-state index is 8.06. The highest BCUT2D eigenvalue weighted by atomic mass is 16.5. The molecule has 0 aliphatic rings. The van der Waals surface area contributed by atoms with E-state index in [9.17, 15) is 0 Å². The predicted molar refractivity (Wildman–Crippen MR) is 434 cm³/mol. The van der Waals surface area contributed by atoms with Crippen molar-refractivity contribution in [1.29, 1.82) is 0 Å². The Hall–Kier alpha value is -9.12. The molecule has 0 N–H and O–H groups in total. The molecule has 0 atom stereocenters. The highest BCUT2D eigenvalue weighted by Crippen LogP contribution is 2.62. The van der Waals surface area contributed by atoms with Crippen LogP contribution in [-0.2, 0) is 21.7 Å². The summed E-state index contributed by atoms with van der Waals surface area (Å²) in [4.78, 5) is 0. The van der Waals surface area contributed by atoms with Gasteiger partial charge in [0.15, 0.2) is 0 Å². The van der Waals surface area contributed by atoms with Crippen LogP contribution < -0.4 is 18.9 Å². The average molecular weight is 1320 g/mol. The molecule has 0 spiro atoms. The number of ether oxygens (including phenoxy) is 4. The minimum absolute atomic E-state index is 0.0358. The van der Waals surface area contributed by atoms with E-state index in [2.05, 4.69) is 269 Å². The number of benzene rings is 16. The van der Waals surface area contributed by atoms with E-state index in [-0.39, 0.29) is 21.7 Å². The standard InChI is InChI=1S/C96H98O4/c1-17-21-41-97-75-53-63-27-25-55-45-65(93(5,6)7)47-57-29-35-69(81(63)77(55)57)85(75)87-71-37-31-59-49-67(95(11,12)13)51-61-33-39-73(83(71)79(59)61)89(91(87)99-43-23-19-3)90-74-40-34-62-52-68(96(14,15)16)50-60-32-38-72(84(74)80(60)62)88(92(90)100-44-24-20-4)86-70-36-30-58-48-66(94(8,9)10)46-56-26-28-64(82(70)78(56)58)54-76(86)98-42-22-18-2/h25-40,45-54H,17-24,41-44H2,1-16H3. The second kappa shape index (κ2) is 24.3. The number of hydrogen-bond acceptors (Lipinski definition) is 4. The summed E-state index contributed by atoms with van der Waals surface area (Å²) >= 11 is 0. The lowest BCUT2D eigenvalue weighted by Gasteiger charge is -2.30. The summed E-state index contributed by atoms with van der Waals surface area (Å²) in [6.45, 7) is 39.3. The molecule has 0 saturated carbocycles. The van der Waals surface area contributed by atoms with E-state index in [1.165, 1.54) is 119 Å². The zero-order chi connectivity index (χ0) is 69.6. The van der Waals surface area contributed by atoms with Gasteiger partial charge in [0.2, 0.25) is 0 Å². The normalized spacial score (nSPS) is 13.1. The second-order valence-electron chi connectivity index (χ2n) is 33.4. The molecule has 0 fully saturated rings. The van der Waals surface area contributed by atoms with E-state index in [1.807, 2.05) is 0 Å². The van der Waals surface area contributed by atoms with E-state index < -0.39 is 0 Å². The summed E-state index contributed by atoms with van der Waals surface area (Å²) in [7, 11) is 0. The van der Waals surface area contributed by atoms with Crippen molar-refractivity contribution in [3.8, 4) is 56.4 Å². The summed E-state index contributed by atoms with van der Waals surface area (Å²) in [5.41, 5.74) is 11.3. The van der Waals surface area contributed by atoms with Gasteiger partial charge in [-0.2, -0.15) is 0 Å². The Bertz CT molecular complexity index is 5430. The van der Waals surface area contributed by atoms with E-state index in [0.29, 0.717) is 26.4 Å². The van der Waals surface area contributed by atoms with Crippen molar-refractivity contribution in [2.24, 2.45) is 0 Å². The Balaban J connectivity index is 1.16. The largest absolute Gasteiger partial charge is 0.493 e. The van der Waals surface area contributed by atoms with Crippen LogP contribution in [0.15, 0.2) is 158 Å². The summed E-state index contributed by atoms with van der Waals surface area (Å²) in [6, 6.07) is 62.7. The summed E-state index contributed by atoms with van der Waals surface area (Å²) in [6.07, 6.45) is 7.53. The van der Waals surface area contributed by atoms with Gasteiger partial charge >= 0.3 is 0 Å². The second-order valence-corrected chi connectivity index (χ2v) is 33.4. The van der Waals surface area contributed by atoms with E-state index >= 15 is 0 Å². The quantitative estimate of drug-likeness (QED) is 0.0597. The molecule has 16 aromatic rings. The first kappa shape index (κ1) is 65.5. The lowest BCUT2D eigenvalue weighted by Crippen LogP contribution is -2.11. The molecule has 0 aliphatic carbocycles. The smallest absolute Gasteiger partial charge is 0.136 e. The Morgan fingerprint density at radius 2 is 0.420 bits per heavy atom. The van der Waals surface area contributed by atoms with Gasteiger partial charge in [0.1, 0.15) is 23.0 Å². The Kier molecular flexibility index (Phi) is 15.9. The molecular formula is C96H98O4. The highest BCUT2D eigenvalue weighted by Gasteiger charge is 2.35. The molecule has 16 rings (SSSR count). The molecule has 0 aromatic heterocycles. The fourth-order valence-electron chi connectivity index (χ4n) is 16.7. The topological polar surface area (TPSA) is 36.9 Å². The van der Waals surface area contributed by atoms with Gasteiger partial charge in [-0.1, -0.05) is 282 Å².